The molecule has 0 aliphatic carbocycles. The summed E-state index contributed by atoms with van der Waals surface area (Å²) >= 11 is 0. The van der Waals surface area contributed by atoms with Crippen LogP contribution in [0.2, 0.25) is 0 Å². The number of pyridine rings is 1. The molecule has 3 aromatic rings. The van der Waals surface area contributed by atoms with Gasteiger partial charge in [-0.15, -0.1) is 0 Å². The zero-order chi connectivity index (χ0) is 11.1. The molecule has 3 heterocycles. The Bertz CT molecular complexity index is 615. The van der Waals surface area contributed by atoms with E-state index in [4.69, 9.17) is 0 Å². The van der Waals surface area contributed by atoms with Crippen molar-refractivity contribution in [3.63, 3.8) is 0 Å². The number of nitrogens with zero attached hydrogens (tertiary/aromatic N) is 3. The normalized spacial score (nSPS) is 11.1. The zero-order valence-corrected chi connectivity index (χ0v) is 9.23. The summed E-state index contributed by atoms with van der Waals surface area (Å²) in [6.07, 6.45) is 5.53. The van der Waals surface area contributed by atoms with E-state index in [-0.39, 0.29) is 0 Å². The van der Waals surface area contributed by atoms with Crippen LogP contribution in [-0.2, 0) is 7.05 Å². The maximum absolute atomic E-state index is 4.24. The van der Waals surface area contributed by atoms with E-state index >= 15 is 0 Å². The van der Waals surface area contributed by atoms with Crippen LogP contribution < -0.4 is 0 Å². The van der Waals surface area contributed by atoms with E-state index in [1.807, 2.05) is 30.2 Å². The van der Waals surface area contributed by atoms with E-state index in [2.05, 4.69) is 28.1 Å². The molecule has 1 N–H and O–H groups in total. The third kappa shape index (κ3) is 1.23. The number of rotatable bonds is 1. The molecule has 0 atom stereocenters. The molecule has 3 rings (SSSR count). The molecule has 16 heavy (non-hydrogen) atoms. The molecule has 3 aromatic heterocycles. The first-order valence-electron chi connectivity index (χ1n) is 5.17. The molecule has 0 radical (unpaired) electrons. The van der Waals surface area contributed by atoms with Gasteiger partial charge in [0, 0.05) is 47.3 Å². The van der Waals surface area contributed by atoms with Crippen molar-refractivity contribution in [3.05, 3.63) is 36.4 Å². The van der Waals surface area contributed by atoms with Gasteiger partial charge in [-0.2, -0.15) is 5.10 Å². The molecule has 0 spiro atoms. The van der Waals surface area contributed by atoms with Crippen molar-refractivity contribution < 1.29 is 0 Å². The van der Waals surface area contributed by atoms with Crippen LogP contribution in [-0.4, -0.2) is 19.7 Å². The number of aromatic amines is 1. The van der Waals surface area contributed by atoms with Gasteiger partial charge in [0.15, 0.2) is 0 Å². The van der Waals surface area contributed by atoms with Crippen LogP contribution in [0.15, 0.2) is 30.7 Å². The molecule has 4 nitrogen and oxygen atoms in total. The van der Waals surface area contributed by atoms with Gasteiger partial charge in [0.05, 0.1) is 6.20 Å². The van der Waals surface area contributed by atoms with Crippen LogP contribution in [0.1, 0.15) is 5.69 Å². The molecule has 0 bridgehead atoms. The molecule has 0 amide bonds. The Morgan fingerprint density at radius 3 is 2.88 bits per heavy atom. The number of hydrogen-bond donors (Lipinski definition) is 1. The molecule has 0 unspecified atom stereocenters. The SMILES string of the molecule is Cc1c(-c2cc3cnccc3[nH]2)cnn1C. The summed E-state index contributed by atoms with van der Waals surface area (Å²) in [6.45, 7) is 2.06. The quantitative estimate of drug-likeness (QED) is 0.672. The lowest BCUT2D eigenvalue weighted by Gasteiger charge is -1.96. The van der Waals surface area contributed by atoms with Gasteiger partial charge >= 0.3 is 0 Å². The highest BCUT2D eigenvalue weighted by Crippen LogP contribution is 2.25. The Kier molecular flexibility index (Phi) is 1.83. The second-order valence-electron chi connectivity index (χ2n) is 3.91. The van der Waals surface area contributed by atoms with E-state index < -0.39 is 0 Å². The van der Waals surface area contributed by atoms with Crippen LogP contribution in [0.3, 0.4) is 0 Å². The van der Waals surface area contributed by atoms with Crippen molar-refractivity contribution in [2.45, 2.75) is 6.92 Å². The molecule has 0 fully saturated rings. The highest BCUT2D eigenvalue weighted by atomic mass is 15.3. The molecule has 0 aliphatic rings. The van der Waals surface area contributed by atoms with Crippen molar-refractivity contribution in [3.8, 4) is 11.3 Å². The van der Waals surface area contributed by atoms with Crippen molar-refractivity contribution >= 4 is 10.9 Å². The van der Waals surface area contributed by atoms with Gasteiger partial charge in [0.1, 0.15) is 0 Å². The van der Waals surface area contributed by atoms with Gasteiger partial charge < -0.3 is 4.98 Å². The second-order valence-corrected chi connectivity index (χ2v) is 3.91. The number of aryl methyl sites for hydroxylation is 1. The zero-order valence-electron chi connectivity index (χ0n) is 9.23. The van der Waals surface area contributed by atoms with Gasteiger partial charge in [0.25, 0.3) is 0 Å². The molecule has 0 saturated carbocycles. The van der Waals surface area contributed by atoms with E-state index in [9.17, 15) is 0 Å². The molecular weight excluding hydrogens is 200 g/mol. The highest BCUT2D eigenvalue weighted by molar-refractivity contribution is 5.85. The Morgan fingerprint density at radius 2 is 2.19 bits per heavy atom. The Morgan fingerprint density at radius 1 is 1.31 bits per heavy atom. The monoisotopic (exact) mass is 212 g/mol. The van der Waals surface area contributed by atoms with Crippen LogP contribution >= 0.6 is 0 Å². The summed E-state index contributed by atoms with van der Waals surface area (Å²) < 4.78 is 1.87. The molecular formula is C12H12N4. The maximum atomic E-state index is 4.24. The lowest BCUT2D eigenvalue weighted by Crippen LogP contribution is -1.92. The summed E-state index contributed by atoms with van der Waals surface area (Å²) in [5, 5.41) is 5.37. The van der Waals surface area contributed by atoms with Gasteiger partial charge in [0.2, 0.25) is 0 Å². The Labute approximate surface area is 92.9 Å². The van der Waals surface area contributed by atoms with Gasteiger partial charge in [-0.1, -0.05) is 0 Å². The van der Waals surface area contributed by atoms with Gasteiger partial charge in [-0.05, 0) is 19.1 Å². The van der Waals surface area contributed by atoms with Crippen molar-refractivity contribution in [1.82, 2.24) is 19.7 Å². The summed E-state index contributed by atoms with van der Waals surface area (Å²) in [5.74, 6) is 0. The number of hydrogen-bond acceptors (Lipinski definition) is 2. The van der Waals surface area contributed by atoms with Crippen LogP contribution in [0.5, 0.6) is 0 Å². The lowest BCUT2D eigenvalue weighted by molar-refractivity contribution is 0.740. The lowest BCUT2D eigenvalue weighted by atomic mass is 10.2. The maximum Gasteiger partial charge on any atom is 0.0585 e. The fraction of sp³-hybridized carbons (Fsp3) is 0.167. The minimum atomic E-state index is 1.09. The molecule has 0 aliphatic heterocycles. The predicted molar refractivity (Wildman–Crippen MR) is 63.0 cm³/mol. The molecule has 0 aromatic carbocycles. The summed E-state index contributed by atoms with van der Waals surface area (Å²) in [6, 6.07) is 4.08. The summed E-state index contributed by atoms with van der Waals surface area (Å²) in [4.78, 5) is 7.48. The third-order valence-corrected chi connectivity index (χ3v) is 2.95. The summed E-state index contributed by atoms with van der Waals surface area (Å²) in [5.41, 5.74) is 4.49. The van der Waals surface area contributed by atoms with Crippen LogP contribution in [0.25, 0.3) is 22.2 Å². The number of nitrogens with one attached hydrogen (secondary N) is 1. The topological polar surface area (TPSA) is 46.5 Å². The average molecular weight is 212 g/mol. The number of aromatic nitrogens is 4. The van der Waals surface area contributed by atoms with Crippen LogP contribution in [0.4, 0.5) is 0 Å². The molecule has 80 valence electrons. The van der Waals surface area contributed by atoms with E-state index in [1.165, 1.54) is 0 Å². The standard InChI is InChI=1S/C12H12N4/c1-8-10(7-14-16(8)2)12-5-9-6-13-4-3-11(9)15-12/h3-7,15H,1-2H3. The Balaban J connectivity index is 2.23. The Hall–Kier alpha value is -2.10. The van der Waals surface area contributed by atoms with Crippen molar-refractivity contribution in [2.24, 2.45) is 7.05 Å². The second kappa shape index (κ2) is 3.20. The van der Waals surface area contributed by atoms with Crippen LogP contribution in [0, 0.1) is 6.92 Å². The average Bonchev–Trinajstić information content (AvgIpc) is 2.84. The smallest absolute Gasteiger partial charge is 0.0585 e. The largest absolute Gasteiger partial charge is 0.354 e. The first-order valence-corrected chi connectivity index (χ1v) is 5.17. The van der Waals surface area contributed by atoms with Gasteiger partial charge in [-0.3, -0.25) is 9.67 Å². The first kappa shape index (κ1) is 9.15. The number of H-pyrrole nitrogens is 1. The third-order valence-electron chi connectivity index (χ3n) is 2.95. The first-order chi connectivity index (χ1) is 7.75. The molecule has 4 heteroatoms. The minimum Gasteiger partial charge on any atom is -0.354 e. The number of fused-ring (bicyclic) bond motifs is 1. The van der Waals surface area contributed by atoms with Crippen molar-refractivity contribution in [1.29, 1.82) is 0 Å². The van der Waals surface area contributed by atoms with E-state index in [1.54, 1.807) is 6.20 Å². The fourth-order valence-electron chi connectivity index (χ4n) is 1.88. The van der Waals surface area contributed by atoms with E-state index in [0.717, 1.165) is 27.9 Å². The summed E-state index contributed by atoms with van der Waals surface area (Å²) in [7, 11) is 1.95. The van der Waals surface area contributed by atoms with Crippen molar-refractivity contribution in [2.75, 3.05) is 0 Å². The van der Waals surface area contributed by atoms with E-state index in [0.29, 0.717) is 0 Å². The molecule has 0 saturated heterocycles. The van der Waals surface area contributed by atoms with Gasteiger partial charge in [-0.25, -0.2) is 0 Å². The minimum absolute atomic E-state index is 1.09. The predicted octanol–water partition coefficient (Wildman–Crippen LogP) is 2.27. The highest BCUT2D eigenvalue weighted by Gasteiger charge is 2.08. The fourth-order valence-corrected chi connectivity index (χ4v) is 1.88.